The first-order valence-electron chi connectivity index (χ1n) is 10.9. The smallest absolute Gasteiger partial charge is 0.147 e. The van der Waals surface area contributed by atoms with Crippen LogP contribution in [0.5, 0.6) is 5.75 Å². The predicted octanol–water partition coefficient (Wildman–Crippen LogP) is 5.17. The largest absolute Gasteiger partial charge is 0.491 e. The lowest BCUT2D eigenvalue weighted by Gasteiger charge is -2.21. The van der Waals surface area contributed by atoms with E-state index in [2.05, 4.69) is 9.88 Å². The highest BCUT2D eigenvalue weighted by atomic mass is 35.5. The van der Waals surface area contributed by atoms with Crippen LogP contribution in [-0.2, 0) is 13.1 Å². The molecule has 1 saturated carbocycles. The Morgan fingerprint density at radius 2 is 1.87 bits per heavy atom. The lowest BCUT2D eigenvalue weighted by atomic mass is 9.90. The third kappa shape index (κ3) is 5.54. The van der Waals surface area contributed by atoms with Crippen LogP contribution in [0.4, 0.5) is 0 Å². The van der Waals surface area contributed by atoms with Crippen molar-refractivity contribution in [1.82, 2.24) is 14.9 Å². The Kier molecular flexibility index (Phi) is 7.26. The minimum atomic E-state index is 0.101. The van der Waals surface area contributed by atoms with Crippen LogP contribution in [0, 0.1) is 5.92 Å². The fourth-order valence-electron chi connectivity index (χ4n) is 4.22. The maximum absolute atomic E-state index is 9.50. The molecule has 0 atom stereocenters. The second-order valence-electron chi connectivity index (χ2n) is 8.21. The van der Waals surface area contributed by atoms with Gasteiger partial charge in [-0.15, -0.1) is 0 Å². The van der Waals surface area contributed by atoms with E-state index in [4.69, 9.17) is 21.3 Å². The number of aliphatic hydroxyl groups excluding tert-OH is 1. The summed E-state index contributed by atoms with van der Waals surface area (Å²) < 4.78 is 6.18. The number of aliphatic hydroxyl groups is 1. The van der Waals surface area contributed by atoms with Crippen molar-refractivity contribution in [3.8, 4) is 5.75 Å². The molecule has 1 aromatic heterocycles. The molecule has 1 aliphatic rings. The van der Waals surface area contributed by atoms with E-state index in [-0.39, 0.29) is 6.61 Å². The van der Waals surface area contributed by atoms with Gasteiger partial charge in [0.15, 0.2) is 0 Å². The number of fused-ring (bicyclic) bond motifs is 1. The fraction of sp³-hybridized carbons (Fsp3) is 0.458. The Morgan fingerprint density at radius 1 is 1.07 bits per heavy atom. The summed E-state index contributed by atoms with van der Waals surface area (Å²) in [5, 5.41) is 10.2. The summed E-state index contributed by atoms with van der Waals surface area (Å²) in [5.74, 6) is 2.39. The van der Waals surface area contributed by atoms with Crippen molar-refractivity contribution >= 4 is 22.6 Å². The Morgan fingerprint density at radius 3 is 2.63 bits per heavy atom. The third-order valence-corrected chi connectivity index (χ3v) is 6.09. The summed E-state index contributed by atoms with van der Waals surface area (Å²) in [4.78, 5) is 10.4. The van der Waals surface area contributed by atoms with Gasteiger partial charge in [0.25, 0.3) is 0 Å². The summed E-state index contributed by atoms with van der Waals surface area (Å²) in [6.45, 7) is 2.79. The molecule has 0 aliphatic heterocycles. The number of aromatic amines is 1. The second kappa shape index (κ2) is 10.3. The summed E-state index contributed by atoms with van der Waals surface area (Å²) in [7, 11) is 0. The molecule has 30 heavy (non-hydrogen) atoms. The summed E-state index contributed by atoms with van der Waals surface area (Å²) >= 11 is 5.99. The molecule has 0 radical (unpaired) electrons. The van der Waals surface area contributed by atoms with Gasteiger partial charge < -0.3 is 14.8 Å². The average molecular weight is 428 g/mol. The van der Waals surface area contributed by atoms with Crippen molar-refractivity contribution < 1.29 is 9.84 Å². The quantitative estimate of drug-likeness (QED) is 0.494. The number of rotatable bonds is 9. The number of benzene rings is 2. The van der Waals surface area contributed by atoms with Crippen LogP contribution < -0.4 is 4.74 Å². The molecule has 1 fully saturated rings. The molecule has 5 nitrogen and oxygen atoms in total. The van der Waals surface area contributed by atoms with Crippen LogP contribution in [0.3, 0.4) is 0 Å². The number of hydrogen-bond acceptors (Lipinski definition) is 4. The minimum Gasteiger partial charge on any atom is -0.491 e. The SMILES string of the molecule is OCCN(Cc1ccc(Cl)cc1)Cc1nc2c(OCC3CCCCC3)cccc2[nH]1. The average Bonchev–Trinajstić information content (AvgIpc) is 3.18. The van der Waals surface area contributed by atoms with Crippen LogP contribution in [0.25, 0.3) is 11.0 Å². The van der Waals surface area contributed by atoms with E-state index in [1.807, 2.05) is 42.5 Å². The van der Waals surface area contributed by atoms with Gasteiger partial charge in [0.05, 0.1) is 25.3 Å². The van der Waals surface area contributed by atoms with Crippen LogP contribution in [0.15, 0.2) is 42.5 Å². The normalized spacial score (nSPS) is 15.2. The number of nitrogens with zero attached hydrogens (tertiary/aromatic N) is 2. The van der Waals surface area contributed by atoms with Crippen molar-refractivity contribution in [3.63, 3.8) is 0 Å². The topological polar surface area (TPSA) is 61.4 Å². The van der Waals surface area contributed by atoms with Crippen molar-refractivity contribution in [2.45, 2.75) is 45.2 Å². The molecule has 0 unspecified atom stereocenters. The zero-order chi connectivity index (χ0) is 20.8. The van der Waals surface area contributed by atoms with Gasteiger partial charge in [0.1, 0.15) is 17.1 Å². The zero-order valence-electron chi connectivity index (χ0n) is 17.3. The lowest BCUT2D eigenvalue weighted by molar-refractivity contribution is 0.181. The third-order valence-electron chi connectivity index (χ3n) is 5.83. The first kappa shape index (κ1) is 21.2. The molecule has 160 valence electrons. The molecule has 2 aromatic carbocycles. The van der Waals surface area contributed by atoms with Crippen molar-refractivity contribution in [3.05, 3.63) is 58.9 Å². The lowest BCUT2D eigenvalue weighted by Crippen LogP contribution is -2.26. The van der Waals surface area contributed by atoms with E-state index in [1.165, 1.54) is 32.1 Å². The minimum absolute atomic E-state index is 0.101. The molecule has 2 N–H and O–H groups in total. The van der Waals surface area contributed by atoms with Gasteiger partial charge in [-0.3, -0.25) is 4.90 Å². The number of H-pyrrole nitrogens is 1. The van der Waals surface area contributed by atoms with Crippen molar-refractivity contribution in [2.75, 3.05) is 19.8 Å². The molecule has 1 heterocycles. The Bertz CT molecular complexity index is 935. The number of ether oxygens (including phenoxy) is 1. The molecule has 4 rings (SSSR count). The van der Waals surface area contributed by atoms with Crippen molar-refractivity contribution in [2.24, 2.45) is 5.92 Å². The second-order valence-corrected chi connectivity index (χ2v) is 8.65. The molecule has 0 bridgehead atoms. The Balaban J connectivity index is 1.45. The molecule has 1 aliphatic carbocycles. The molecule has 0 spiro atoms. The van der Waals surface area contributed by atoms with E-state index in [9.17, 15) is 5.11 Å². The van der Waals surface area contributed by atoms with E-state index in [0.29, 0.717) is 19.0 Å². The van der Waals surface area contributed by atoms with Gasteiger partial charge >= 0.3 is 0 Å². The Hall–Kier alpha value is -2.08. The number of aromatic nitrogens is 2. The first-order chi connectivity index (χ1) is 14.7. The number of halogens is 1. The maximum atomic E-state index is 9.50. The van der Waals surface area contributed by atoms with E-state index in [0.717, 1.165) is 46.3 Å². The monoisotopic (exact) mass is 427 g/mol. The molecule has 6 heteroatoms. The summed E-state index contributed by atoms with van der Waals surface area (Å²) in [5.41, 5.74) is 3.03. The molecule has 3 aromatic rings. The fourth-order valence-corrected chi connectivity index (χ4v) is 4.35. The van der Waals surface area contributed by atoms with E-state index >= 15 is 0 Å². The highest BCUT2D eigenvalue weighted by molar-refractivity contribution is 6.30. The summed E-state index contributed by atoms with van der Waals surface area (Å²) in [6.07, 6.45) is 6.53. The zero-order valence-corrected chi connectivity index (χ0v) is 18.1. The highest BCUT2D eigenvalue weighted by Crippen LogP contribution is 2.28. The maximum Gasteiger partial charge on any atom is 0.147 e. The van der Waals surface area contributed by atoms with Crippen LogP contribution >= 0.6 is 11.6 Å². The van der Waals surface area contributed by atoms with Gasteiger partial charge in [0.2, 0.25) is 0 Å². The van der Waals surface area contributed by atoms with Gasteiger partial charge in [-0.2, -0.15) is 0 Å². The van der Waals surface area contributed by atoms with Gasteiger partial charge in [-0.05, 0) is 48.6 Å². The van der Waals surface area contributed by atoms with E-state index in [1.54, 1.807) is 0 Å². The number of imidazole rings is 1. The molecule has 0 amide bonds. The van der Waals surface area contributed by atoms with Crippen LogP contribution in [0.2, 0.25) is 5.02 Å². The van der Waals surface area contributed by atoms with Crippen LogP contribution in [0.1, 0.15) is 43.5 Å². The number of hydrogen-bond donors (Lipinski definition) is 2. The Labute approximate surface area is 183 Å². The molecular weight excluding hydrogens is 398 g/mol. The van der Waals surface area contributed by atoms with Crippen LogP contribution in [-0.4, -0.2) is 39.7 Å². The predicted molar refractivity (Wildman–Crippen MR) is 121 cm³/mol. The van der Waals surface area contributed by atoms with Gasteiger partial charge in [-0.1, -0.05) is 49.1 Å². The standard InChI is InChI=1S/C24H30ClN3O2/c25-20-11-9-18(10-12-20)15-28(13-14-29)16-23-26-21-7-4-8-22(24(21)27-23)30-17-19-5-2-1-3-6-19/h4,7-12,19,29H,1-3,5-6,13-17H2,(H,26,27). The number of nitrogens with one attached hydrogen (secondary N) is 1. The van der Waals surface area contributed by atoms with Crippen molar-refractivity contribution in [1.29, 1.82) is 0 Å². The van der Waals surface area contributed by atoms with Gasteiger partial charge in [0, 0.05) is 18.1 Å². The molecule has 0 saturated heterocycles. The van der Waals surface area contributed by atoms with Gasteiger partial charge in [-0.25, -0.2) is 4.98 Å². The number of para-hydroxylation sites is 1. The summed E-state index contributed by atoms with van der Waals surface area (Å²) in [6, 6.07) is 13.9. The highest BCUT2D eigenvalue weighted by Gasteiger charge is 2.16. The first-order valence-corrected chi connectivity index (χ1v) is 11.3. The van der Waals surface area contributed by atoms with E-state index < -0.39 is 0 Å². The molecular formula is C24H30ClN3O2.